The molecule has 0 saturated carbocycles. The zero-order valence-electron chi connectivity index (χ0n) is 10.4. The Morgan fingerprint density at radius 3 is 2.67 bits per heavy atom. The fourth-order valence-electron chi connectivity index (χ4n) is 1.69. The van der Waals surface area contributed by atoms with Crippen molar-refractivity contribution < 1.29 is 8.42 Å². The summed E-state index contributed by atoms with van der Waals surface area (Å²) in [5, 5.41) is 3.23. The Balaban J connectivity index is 2.22. The molecule has 0 amide bonds. The van der Waals surface area contributed by atoms with Crippen molar-refractivity contribution in [1.82, 2.24) is 4.98 Å². The Morgan fingerprint density at radius 2 is 2.06 bits per heavy atom. The third kappa shape index (κ3) is 2.92. The van der Waals surface area contributed by atoms with E-state index in [4.69, 9.17) is 0 Å². The molecule has 4 nitrogen and oxygen atoms in total. The summed E-state index contributed by atoms with van der Waals surface area (Å²) in [6.45, 7) is 2.59. The molecule has 1 aromatic heterocycles. The first-order chi connectivity index (χ1) is 8.47. The number of sulfone groups is 1. The Hall–Kier alpha value is -1.75. The van der Waals surface area contributed by atoms with Crippen molar-refractivity contribution in [2.45, 2.75) is 18.4 Å². The van der Waals surface area contributed by atoms with Crippen molar-refractivity contribution in [2.24, 2.45) is 0 Å². The maximum absolute atomic E-state index is 11.5. The van der Waals surface area contributed by atoms with Crippen LogP contribution in [0.2, 0.25) is 0 Å². The number of hydrogen-bond donors (Lipinski definition) is 2. The number of nitrogens with one attached hydrogen (secondary N) is 2. The van der Waals surface area contributed by atoms with Gasteiger partial charge in [-0.05, 0) is 36.8 Å². The van der Waals surface area contributed by atoms with E-state index < -0.39 is 9.84 Å². The molecule has 0 fully saturated rings. The normalized spacial score (nSPS) is 11.4. The molecule has 96 valence electrons. The van der Waals surface area contributed by atoms with Crippen LogP contribution in [-0.2, 0) is 16.4 Å². The van der Waals surface area contributed by atoms with Gasteiger partial charge in [0.2, 0.25) is 0 Å². The van der Waals surface area contributed by atoms with Crippen molar-refractivity contribution in [1.29, 1.82) is 0 Å². The molecule has 0 unspecified atom stereocenters. The summed E-state index contributed by atoms with van der Waals surface area (Å²) in [5.74, 6) is 0. The lowest BCUT2D eigenvalue weighted by Gasteiger charge is -2.10. The molecule has 2 N–H and O–H groups in total. The van der Waals surface area contributed by atoms with Gasteiger partial charge in [-0.1, -0.05) is 6.07 Å². The molecule has 1 aromatic carbocycles. The number of benzene rings is 1. The average Bonchev–Trinajstić information content (AvgIpc) is 2.79. The van der Waals surface area contributed by atoms with Crippen LogP contribution < -0.4 is 5.32 Å². The highest BCUT2D eigenvalue weighted by Gasteiger charge is 2.09. The molecular formula is C13H16N2O2S. The first-order valence-corrected chi connectivity index (χ1v) is 7.53. The minimum atomic E-state index is -3.16. The number of aryl methyl sites for hydroxylation is 1. The third-order valence-corrected chi connectivity index (χ3v) is 3.88. The minimum absolute atomic E-state index is 0.335. The van der Waals surface area contributed by atoms with Crippen LogP contribution in [0, 0.1) is 6.92 Å². The van der Waals surface area contributed by atoms with E-state index in [1.54, 1.807) is 12.1 Å². The summed E-state index contributed by atoms with van der Waals surface area (Å²) in [5.41, 5.74) is 2.92. The van der Waals surface area contributed by atoms with E-state index in [0.717, 1.165) is 16.9 Å². The lowest BCUT2D eigenvalue weighted by atomic mass is 10.2. The van der Waals surface area contributed by atoms with Gasteiger partial charge < -0.3 is 10.3 Å². The molecule has 1 heterocycles. The summed E-state index contributed by atoms with van der Waals surface area (Å²) in [6, 6.07) is 9.02. The highest BCUT2D eigenvalue weighted by molar-refractivity contribution is 7.90. The Morgan fingerprint density at radius 1 is 1.28 bits per heavy atom. The van der Waals surface area contributed by atoms with Gasteiger partial charge in [-0.3, -0.25) is 0 Å². The molecule has 5 heteroatoms. The standard InChI is InChI=1S/C13H16N2O2S/c1-10-5-6-12(18(2,16)17)8-13(10)15-9-11-4-3-7-14-11/h3-8,14-15H,9H2,1-2H3. The molecule has 2 aromatic rings. The predicted molar refractivity (Wildman–Crippen MR) is 72.4 cm³/mol. The topological polar surface area (TPSA) is 62.0 Å². The van der Waals surface area contributed by atoms with Crippen LogP contribution >= 0.6 is 0 Å². The van der Waals surface area contributed by atoms with Gasteiger partial charge >= 0.3 is 0 Å². The zero-order chi connectivity index (χ0) is 13.2. The number of hydrogen-bond acceptors (Lipinski definition) is 3. The molecule has 0 aliphatic carbocycles. The smallest absolute Gasteiger partial charge is 0.175 e. The van der Waals surface area contributed by atoms with E-state index in [9.17, 15) is 8.42 Å². The van der Waals surface area contributed by atoms with Gasteiger partial charge in [-0.25, -0.2) is 8.42 Å². The van der Waals surface area contributed by atoms with E-state index in [1.165, 1.54) is 6.26 Å². The molecule has 0 radical (unpaired) electrons. The van der Waals surface area contributed by atoms with E-state index in [0.29, 0.717) is 11.4 Å². The first-order valence-electron chi connectivity index (χ1n) is 5.63. The van der Waals surface area contributed by atoms with Gasteiger partial charge in [0.05, 0.1) is 11.4 Å². The average molecular weight is 264 g/mol. The van der Waals surface area contributed by atoms with Crippen LogP contribution in [0.4, 0.5) is 5.69 Å². The zero-order valence-corrected chi connectivity index (χ0v) is 11.2. The molecule has 0 aliphatic rings. The monoisotopic (exact) mass is 264 g/mol. The third-order valence-electron chi connectivity index (χ3n) is 2.77. The molecule has 0 aliphatic heterocycles. The fraction of sp³-hybridized carbons (Fsp3) is 0.231. The largest absolute Gasteiger partial charge is 0.379 e. The highest BCUT2D eigenvalue weighted by Crippen LogP contribution is 2.20. The molecule has 0 spiro atoms. The van der Waals surface area contributed by atoms with Gasteiger partial charge in [0.25, 0.3) is 0 Å². The molecule has 2 rings (SSSR count). The van der Waals surface area contributed by atoms with E-state index in [2.05, 4.69) is 10.3 Å². The van der Waals surface area contributed by atoms with Gasteiger partial charge in [0.1, 0.15) is 0 Å². The Kier molecular flexibility index (Phi) is 3.43. The second-order valence-electron chi connectivity index (χ2n) is 4.30. The lowest BCUT2D eigenvalue weighted by Crippen LogP contribution is -2.04. The first kappa shape index (κ1) is 12.7. The van der Waals surface area contributed by atoms with Crippen molar-refractivity contribution in [2.75, 3.05) is 11.6 Å². The number of anilines is 1. The van der Waals surface area contributed by atoms with Crippen molar-refractivity contribution in [3.05, 3.63) is 47.8 Å². The van der Waals surface area contributed by atoms with Gasteiger partial charge in [0, 0.05) is 23.8 Å². The van der Waals surface area contributed by atoms with E-state index >= 15 is 0 Å². The summed E-state index contributed by atoms with van der Waals surface area (Å²) >= 11 is 0. The molecule has 0 atom stereocenters. The molecular weight excluding hydrogens is 248 g/mol. The summed E-state index contributed by atoms with van der Waals surface area (Å²) in [6.07, 6.45) is 3.07. The van der Waals surface area contributed by atoms with Crippen LogP contribution in [0.3, 0.4) is 0 Å². The summed E-state index contributed by atoms with van der Waals surface area (Å²) in [4.78, 5) is 3.43. The number of aromatic amines is 1. The maximum Gasteiger partial charge on any atom is 0.175 e. The fourth-order valence-corrected chi connectivity index (χ4v) is 2.34. The van der Waals surface area contributed by atoms with E-state index in [1.807, 2.05) is 31.3 Å². The summed E-state index contributed by atoms with van der Waals surface area (Å²) in [7, 11) is -3.16. The molecule has 0 bridgehead atoms. The van der Waals surface area contributed by atoms with Crippen LogP contribution in [0.25, 0.3) is 0 Å². The highest BCUT2D eigenvalue weighted by atomic mass is 32.2. The number of H-pyrrole nitrogens is 1. The van der Waals surface area contributed by atoms with Crippen LogP contribution in [0.15, 0.2) is 41.4 Å². The van der Waals surface area contributed by atoms with Crippen molar-refractivity contribution in [3.63, 3.8) is 0 Å². The number of aromatic nitrogens is 1. The second-order valence-corrected chi connectivity index (χ2v) is 6.31. The summed E-state index contributed by atoms with van der Waals surface area (Å²) < 4.78 is 23.0. The SMILES string of the molecule is Cc1ccc(S(C)(=O)=O)cc1NCc1ccc[nH]1. The van der Waals surface area contributed by atoms with Gasteiger partial charge in [0.15, 0.2) is 9.84 Å². The lowest BCUT2D eigenvalue weighted by molar-refractivity contribution is 0.602. The predicted octanol–water partition coefficient (Wildman–Crippen LogP) is 2.34. The Labute approximate surface area is 107 Å². The maximum atomic E-state index is 11.5. The van der Waals surface area contributed by atoms with Crippen LogP contribution in [0.1, 0.15) is 11.3 Å². The van der Waals surface area contributed by atoms with E-state index in [-0.39, 0.29) is 0 Å². The second kappa shape index (κ2) is 4.86. The van der Waals surface area contributed by atoms with Gasteiger partial charge in [-0.15, -0.1) is 0 Å². The Bertz CT molecular complexity index is 631. The van der Waals surface area contributed by atoms with Crippen LogP contribution in [-0.4, -0.2) is 19.7 Å². The van der Waals surface area contributed by atoms with Crippen molar-refractivity contribution >= 4 is 15.5 Å². The van der Waals surface area contributed by atoms with Gasteiger partial charge in [-0.2, -0.15) is 0 Å². The quantitative estimate of drug-likeness (QED) is 0.891. The van der Waals surface area contributed by atoms with Crippen LogP contribution in [0.5, 0.6) is 0 Å². The molecule has 18 heavy (non-hydrogen) atoms. The number of rotatable bonds is 4. The van der Waals surface area contributed by atoms with Crippen molar-refractivity contribution in [3.8, 4) is 0 Å². The minimum Gasteiger partial charge on any atom is -0.379 e. The molecule has 0 saturated heterocycles.